The van der Waals surface area contributed by atoms with Gasteiger partial charge in [0.25, 0.3) is 0 Å². The zero-order chi connectivity index (χ0) is 23.4. The number of hydrogen-bond donors (Lipinski definition) is 2. The third-order valence-corrected chi connectivity index (χ3v) is 7.25. The van der Waals surface area contributed by atoms with Crippen molar-refractivity contribution in [2.75, 3.05) is 43.1 Å². The van der Waals surface area contributed by atoms with Gasteiger partial charge in [0, 0.05) is 55.0 Å². The Labute approximate surface area is 207 Å². The van der Waals surface area contributed by atoms with Gasteiger partial charge < -0.3 is 20.3 Å². The molecule has 2 atom stereocenters. The van der Waals surface area contributed by atoms with Crippen LogP contribution in [0.4, 0.5) is 11.8 Å². The predicted octanol–water partition coefficient (Wildman–Crippen LogP) is 4.96. The molecule has 178 valence electrons. The summed E-state index contributed by atoms with van der Waals surface area (Å²) in [6, 6.07) is 10.2. The lowest BCUT2D eigenvalue weighted by molar-refractivity contribution is 0.0515. The quantitative estimate of drug-likeness (QED) is 0.578. The number of nitrogens with one attached hydrogen (secondary N) is 2. The Balaban J connectivity index is 1.43. The minimum Gasteiger partial charge on any atom is -0.381 e. The lowest BCUT2D eigenvalue weighted by atomic mass is 9.74. The van der Waals surface area contributed by atoms with Crippen molar-refractivity contribution in [1.82, 2.24) is 15.3 Å². The van der Waals surface area contributed by atoms with Crippen molar-refractivity contribution < 1.29 is 4.74 Å². The van der Waals surface area contributed by atoms with Crippen LogP contribution in [0.25, 0.3) is 0 Å². The molecule has 0 saturated carbocycles. The van der Waals surface area contributed by atoms with E-state index in [-0.39, 0.29) is 5.41 Å². The molecule has 0 bridgehead atoms. The number of thiocarbonyl (C=S) groups is 1. The molecule has 33 heavy (non-hydrogen) atoms. The molecule has 0 spiro atoms. The van der Waals surface area contributed by atoms with Gasteiger partial charge in [-0.05, 0) is 67.9 Å². The Morgan fingerprint density at radius 1 is 1.15 bits per heavy atom. The molecule has 2 aliphatic rings. The summed E-state index contributed by atoms with van der Waals surface area (Å²) >= 11 is 11.8. The molecule has 2 fully saturated rings. The molecular formula is C25H34ClN5OS. The molecule has 2 saturated heterocycles. The van der Waals surface area contributed by atoms with Gasteiger partial charge in [0.15, 0.2) is 5.11 Å². The van der Waals surface area contributed by atoms with Gasteiger partial charge in [0.1, 0.15) is 5.82 Å². The number of aromatic nitrogens is 2. The molecule has 2 aromatic rings. The predicted molar refractivity (Wildman–Crippen MR) is 139 cm³/mol. The van der Waals surface area contributed by atoms with E-state index in [4.69, 9.17) is 33.5 Å². The van der Waals surface area contributed by atoms with Crippen LogP contribution in [0.15, 0.2) is 30.3 Å². The van der Waals surface area contributed by atoms with Gasteiger partial charge in [0.2, 0.25) is 5.95 Å². The number of hydrogen-bond acceptors (Lipinski definition) is 5. The molecule has 0 aliphatic carbocycles. The first-order chi connectivity index (χ1) is 15.8. The van der Waals surface area contributed by atoms with E-state index in [1.54, 1.807) is 0 Å². The van der Waals surface area contributed by atoms with Crippen LogP contribution in [0, 0.1) is 18.8 Å². The van der Waals surface area contributed by atoms with Gasteiger partial charge in [-0.3, -0.25) is 0 Å². The maximum absolute atomic E-state index is 6.12. The molecule has 1 aromatic heterocycles. The van der Waals surface area contributed by atoms with Crippen molar-refractivity contribution in [1.29, 1.82) is 0 Å². The third-order valence-electron chi connectivity index (χ3n) is 6.75. The molecule has 0 unspecified atom stereocenters. The largest absolute Gasteiger partial charge is 0.381 e. The van der Waals surface area contributed by atoms with E-state index in [0.29, 0.717) is 29.4 Å². The summed E-state index contributed by atoms with van der Waals surface area (Å²) in [6.45, 7) is 10.8. The molecular weight excluding hydrogens is 454 g/mol. The Morgan fingerprint density at radius 3 is 2.48 bits per heavy atom. The van der Waals surface area contributed by atoms with Crippen LogP contribution in [0.5, 0.6) is 0 Å². The topological polar surface area (TPSA) is 62.3 Å². The van der Waals surface area contributed by atoms with Crippen molar-refractivity contribution in [2.24, 2.45) is 11.8 Å². The molecule has 0 radical (unpaired) electrons. The van der Waals surface area contributed by atoms with E-state index in [0.717, 1.165) is 55.7 Å². The molecule has 8 heteroatoms. The van der Waals surface area contributed by atoms with Crippen LogP contribution in [-0.4, -0.2) is 47.9 Å². The van der Waals surface area contributed by atoms with Crippen LogP contribution in [0.2, 0.25) is 5.02 Å². The maximum atomic E-state index is 6.12. The highest BCUT2D eigenvalue weighted by molar-refractivity contribution is 7.80. The molecule has 1 aromatic carbocycles. The van der Waals surface area contributed by atoms with Crippen molar-refractivity contribution in [3.05, 3.63) is 46.6 Å². The zero-order valence-electron chi connectivity index (χ0n) is 19.7. The summed E-state index contributed by atoms with van der Waals surface area (Å²) in [5, 5.41) is 7.93. The Hall–Kier alpha value is -1.96. The standard InChI is InChI=1S/C25H34ClN5OS/c1-17-12-18(2)15-31(14-17)22-13-19(3)28-23(29-22)30-24(33)27-16-25(8-10-32-11-9-25)20-4-6-21(26)7-5-20/h4-7,13,17-18H,8-12,14-16H2,1-3H3,(H2,27,28,29,30,33)/t17-,18+. The van der Waals surface area contributed by atoms with Crippen molar-refractivity contribution in [3.8, 4) is 0 Å². The van der Waals surface area contributed by atoms with E-state index in [9.17, 15) is 0 Å². The van der Waals surface area contributed by atoms with E-state index in [1.165, 1.54) is 12.0 Å². The second kappa shape index (κ2) is 10.5. The minimum absolute atomic E-state index is 0.0483. The molecule has 6 nitrogen and oxygen atoms in total. The monoisotopic (exact) mass is 487 g/mol. The summed E-state index contributed by atoms with van der Waals surface area (Å²) in [5.41, 5.74) is 2.14. The van der Waals surface area contributed by atoms with Crippen molar-refractivity contribution in [2.45, 2.75) is 45.4 Å². The van der Waals surface area contributed by atoms with Crippen molar-refractivity contribution in [3.63, 3.8) is 0 Å². The summed E-state index contributed by atoms with van der Waals surface area (Å²) < 4.78 is 5.64. The highest BCUT2D eigenvalue weighted by Gasteiger charge is 2.34. The Morgan fingerprint density at radius 2 is 1.82 bits per heavy atom. The Kier molecular flexibility index (Phi) is 7.72. The van der Waals surface area contributed by atoms with Crippen molar-refractivity contribution >= 4 is 40.7 Å². The lowest BCUT2D eigenvalue weighted by Gasteiger charge is -2.38. The van der Waals surface area contributed by atoms with Gasteiger partial charge in [-0.2, -0.15) is 4.98 Å². The third kappa shape index (κ3) is 6.14. The van der Waals surface area contributed by atoms with Crippen LogP contribution < -0.4 is 15.5 Å². The SMILES string of the molecule is Cc1cc(N2C[C@H](C)C[C@H](C)C2)nc(NC(=S)NCC2(c3ccc(Cl)cc3)CCOCC2)n1. The number of piperidine rings is 1. The smallest absolute Gasteiger partial charge is 0.231 e. The number of benzene rings is 1. The van der Waals surface area contributed by atoms with Gasteiger partial charge >= 0.3 is 0 Å². The molecule has 2 N–H and O–H groups in total. The fourth-order valence-corrected chi connectivity index (χ4v) is 5.44. The van der Waals surface area contributed by atoms with Crippen LogP contribution in [0.1, 0.15) is 44.4 Å². The Bertz CT molecular complexity index is 954. The second-order valence-electron chi connectivity index (χ2n) is 9.75. The number of halogens is 1. The van der Waals surface area contributed by atoms with Gasteiger partial charge in [0.05, 0.1) is 0 Å². The summed E-state index contributed by atoms with van der Waals surface area (Å²) in [7, 11) is 0. The molecule has 3 heterocycles. The first kappa shape index (κ1) is 24.2. The fraction of sp³-hybridized carbons (Fsp3) is 0.560. The number of nitrogens with zero attached hydrogens (tertiary/aromatic N) is 3. The molecule has 4 rings (SSSR count). The molecule has 0 amide bonds. The second-order valence-corrected chi connectivity index (χ2v) is 10.6. The van der Waals surface area contributed by atoms with Gasteiger partial charge in [-0.15, -0.1) is 0 Å². The minimum atomic E-state index is -0.0483. The number of ether oxygens (including phenoxy) is 1. The average Bonchev–Trinajstić information content (AvgIpc) is 2.78. The zero-order valence-corrected chi connectivity index (χ0v) is 21.3. The summed E-state index contributed by atoms with van der Waals surface area (Å²) in [5.74, 6) is 2.83. The fourth-order valence-electron chi connectivity index (χ4n) is 5.15. The maximum Gasteiger partial charge on any atom is 0.231 e. The van der Waals surface area contributed by atoms with Crippen LogP contribution in [0.3, 0.4) is 0 Å². The summed E-state index contributed by atoms with van der Waals surface area (Å²) in [4.78, 5) is 11.7. The van der Waals surface area contributed by atoms with E-state index >= 15 is 0 Å². The lowest BCUT2D eigenvalue weighted by Crippen LogP contribution is -2.45. The normalized spacial score (nSPS) is 22.6. The van der Waals surface area contributed by atoms with Crippen LogP contribution in [-0.2, 0) is 10.2 Å². The van der Waals surface area contributed by atoms with Crippen LogP contribution >= 0.6 is 23.8 Å². The number of rotatable bonds is 5. The number of anilines is 2. The molecule has 2 aliphatic heterocycles. The summed E-state index contributed by atoms with van der Waals surface area (Å²) in [6.07, 6.45) is 3.13. The first-order valence-corrected chi connectivity index (χ1v) is 12.6. The number of aryl methyl sites for hydroxylation is 1. The highest BCUT2D eigenvalue weighted by atomic mass is 35.5. The van der Waals surface area contributed by atoms with Gasteiger partial charge in [-0.1, -0.05) is 37.6 Å². The van der Waals surface area contributed by atoms with E-state index < -0.39 is 0 Å². The first-order valence-electron chi connectivity index (χ1n) is 11.8. The average molecular weight is 488 g/mol. The van der Waals surface area contributed by atoms with E-state index in [1.807, 2.05) is 19.1 Å². The highest BCUT2D eigenvalue weighted by Crippen LogP contribution is 2.35. The van der Waals surface area contributed by atoms with Gasteiger partial charge in [-0.25, -0.2) is 4.98 Å². The van der Waals surface area contributed by atoms with E-state index in [2.05, 4.69) is 52.6 Å².